The number of hydrogen-bond acceptors (Lipinski definition) is 4. The van der Waals surface area contributed by atoms with Gasteiger partial charge < -0.3 is 10.2 Å². The Labute approximate surface area is 212 Å². The molecule has 1 saturated heterocycles. The van der Waals surface area contributed by atoms with E-state index in [1.807, 2.05) is 29.2 Å². The first-order valence-corrected chi connectivity index (χ1v) is 14.0. The minimum atomic E-state index is -3.90. The molecule has 186 valence electrons. The molecule has 2 N–H and O–H groups in total. The molecule has 1 fully saturated rings. The largest absolute Gasteiger partial charge is 0.334 e. The van der Waals surface area contributed by atoms with Crippen molar-refractivity contribution in [2.45, 2.75) is 44.0 Å². The van der Waals surface area contributed by atoms with E-state index in [0.717, 1.165) is 43.1 Å². The predicted molar refractivity (Wildman–Crippen MR) is 143 cm³/mol. The molecule has 0 bridgehead atoms. The molecular weight excluding hydrogens is 482 g/mol. The molecule has 8 heteroatoms. The van der Waals surface area contributed by atoms with E-state index in [9.17, 15) is 13.2 Å². The lowest BCUT2D eigenvalue weighted by atomic mass is 9.95. The fraction of sp³-hybridized carbons (Fsp3) is 0.370. The summed E-state index contributed by atoms with van der Waals surface area (Å²) in [7, 11) is -3.90. The van der Waals surface area contributed by atoms with E-state index in [2.05, 4.69) is 23.9 Å². The van der Waals surface area contributed by atoms with E-state index < -0.39 is 10.0 Å². The van der Waals surface area contributed by atoms with Crippen LogP contribution in [0.3, 0.4) is 0 Å². The van der Waals surface area contributed by atoms with Crippen LogP contribution in [0, 0.1) is 5.92 Å². The third kappa shape index (κ3) is 5.80. The van der Waals surface area contributed by atoms with Gasteiger partial charge in [0.25, 0.3) is 15.9 Å². The third-order valence-electron chi connectivity index (χ3n) is 6.66. The minimum Gasteiger partial charge on any atom is -0.334 e. The first kappa shape index (κ1) is 25.5. The molecule has 2 unspecified atom stereocenters. The van der Waals surface area contributed by atoms with Crippen LogP contribution in [0.15, 0.2) is 65.6 Å². The zero-order valence-corrected chi connectivity index (χ0v) is 21.7. The molecule has 4 rings (SSSR count). The van der Waals surface area contributed by atoms with Gasteiger partial charge in [-0.15, -0.1) is 0 Å². The van der Waals surface area contributed by atoms with Crippen LogP contribution in [-0.4, -0.2) is 44.9 Å². The molecule has 1 amide bonds. The monoisotopic (exact) mass is 513 g/mol. The second kappa shape index (κ2) is 11.0. The van der Waals surface area contributed by atoms with Gasteiger partial charge in [0.2, 0.25) is 0 Å². The van der Waals surface area contributed by atoms with E-state index in [1.165, 1.54) is 0 Å². The minimum absolute atomic E-state index is 0.0818. The van der Waals surface area contributed by atoms with Crippen LogP contribution in [-0.2, 0) is 10.0 Å². The van der Waals surface area contributed by atoms with E-state index in [1.54, 1.807) is 36.4 Å². The number of carbonyl (C=O) groups is 1. The van der Waals surface area contributed by atoms with Gasteiger partial charge in [-0.05, 0) is 66.4 Å². The highest BCUT2D eigenvalue weighted by molar-refractivity contribution is 7.92. The summed E-state index contributed by atoms with van der Waals surface area (Å²) < 4.78 is 28.9. The van der Waals surface area contributed by atoms with Gasteiger partial charge in [0, 0.05) is 24.7 Å². The number of carbonyl (C=O) groups excluding carboxylic acids is 1. The number of halogens is 1. The normalized spacial score (nSPS) is 17.7. The fourth-order valence-corrected chi connectivity index (χ4v) is 6.08. The van der Waals surface area contributed by atoms with Crippen LogP contribution < -0.4 is 10.0 Å². The molecule has 1 aliphatic heterocycles. The van der Waals surface area contributed by atoms with Gasteiger partial charge >= 0.3 is 0 Å². The Morgan fingerprint density at radius 2 is 1.91 bits per heavy atom. The number of fused-ring (bicyclic) bond motifs is 1. The van der Waals surface area contributed by atoms with Crippen molar-refractivity contribution in [1.29, 1.82) is 0 Å². The summed E-state index contributed by atoms with van der Waals surface area (Å²) in [5.74, 6) is 0.247. The zero-order chi connectivity index (χ0) is 25.0. The topological polar surface area (TPSA) is 78.5 Å². The van der Waals surface area contributed by atoms with Crippen LogP contribution in [0.4, 0.5) is 5.69 Å². The Morgan fingerprint density at radius 1 is 1.14 bits per heavy atom. The van der Waals surface area contributed by atoms with Gasteiger partial charge in [-0.2, -0.15) is 0 Å². The van der Waals surface area contributed by atoms with Gasteiger partial charge in [-0.25, -0.2) is 8.42 Å². The van der Waals surface area contributed by atoms with Crippen molar-refractivity contribution in [3.8, 4) is 0 Å². The SMILES string of the molecule is CCCC(C)C1CNCCCN1C(=O)c1ccc(Cl)c(NS(=O)(=O)c2ccc3ccccc3c2)c1. The lowest BCUT2D eigenvalue weighted by Crippen LogP contribution is -2.47. The average molecular weight is 514 g/mol. The lowest BCUT2D eigenvalue weighted by molar-refractivity contribution is 0.0630. The number of anilines is 1. The lowest BCUT2D eigenvalue weighted by Gasteiger charge is -2.34. The van der Waals surface area contributed by atoms with Gasteiger partial charge in [0.15, 0.2) is 0 Å². The van der Waals surface area contributed by atoms with Crippen molar-refractivity contribution in [1.82, 2.24) is 10.2 Å². The molecule has 3 aromatic carbocycles. The molecule has 0 aliphatic carbocycles. The maximum Gasteiger partial charge on any atom is 0.261 e. The summed E-state index contributed by atoms with van der Waals surface area (Å²) in [5, 5.41) is 5.46. The summed E-state index contributed by atoms with van der Waals surface area (Å²) in [5.41, 5.74) is 0.609. The van der Waals surface area contributed by atoms with Crippen LogP contribution in [0.25, 0.3) is 10.8 Å². The number of benzene rings is 3. The van der Waals surface area contributed by atoms with Crippen molar-refractivity contribution in [3.63, 3.8) is 0 Å². The molecule has 0 saturated carbocycles. The second-order valence-corrected chi connectivity index (χ2v) is 11.3. The molecule has 0 radical (unpaired) electrons. The zero-order valence-electron chi connectivity index (χ0n) is 20.1. The Hall–Kier alpha value is -2.61. The summed E-state index contributed by atoms with van der Waals surface area (Å²) in [6.07, 6.45) is 2.96. The molecule has 35 heavy (non-hydrogen) atoms. The molecule has 0 spiro atoms. The smallest absolute Gasteiger partial charge is 0.261 e. The number of nitrogens with one attached hydrogen (secondary N) is 2. The highest BCUT2D eigenvalue weighted by Gasteiger charge is 2.30. The quantitative estimate of drug-likeness (QED) is 0.435. The van der Waals surface area contributed by atoms with Crippen molar-refractivity contribution < 1.29 is 13.2 Å². The molecule has 0 aromatic heterocycles. The van der Waals surface area contributed by atoms with Crippen LogP contribution in [0.1, 0.15) is 43.5 Å². The molecular formula is C27H32ClN3O3S. The van der Waals surface area contributed by atoms with E-state index >= 15 is 0 Å². The van der Waals surface area contributed by atoms with Crippen LogP contribution >= 0.6 is 11.6 Å². The number of sulfonamides is 1. The summed E-state index contributed by atoms with van der Waals surface area (Å²) in [6.45, 7) is 6.62. The molecule has 1 aliphatic rings. The molecule has 1 heterocycles. The summed E-state index contributed by atoms with van der Waals surface area (Å²) >= 11 is 6.36. The third-order valence-corrected chi connectivity index (χ3v) is 8.35. The van der Waals surface area contributed by atoms with Crippen molar-refractivity contribution >= 4 is 44.0 Å². The fourth-order valence-electron chi connectivity index (χ4n) is 4.75. The van der Waals surface area contributed by atoms with Crippen molar-refractivity contribution in [2.24, 2.45) is 5.92 Å². The van der Waals surface area contributed by atoms with E-state index in [-0.39, 0.29) is 27.6 Å². The number of rotatable bonds is 7. The van der Waals surface area contributed by atoms with Gasteiger partial charge in [0.1, 0.15) is 0 Å². The number of hydrogen-bond donors (Lipinski definition) is 2. The van der Waals surface area contributed by atoms with Crippen molar-refractivity contribution in [3.05, 3.63) is 71.2 Å². The highest BCUT2D eigenvalue weighted by Crippen LogP contribution is 2.29. The van der Waals surface area contributed by atoms with Gasteiger partial charge in [-0.1, -0.05) is 62.2 Å². The standard InChI is InChI=1S/C27H32ClN3O3S/c1-3-7-19(2)26-18-29-14-6-15-31(26)27(32)22-11-13-24(28)25(17-22)30-35(33,34)23-12-10-20-8-4-5-9-21(20)16-23/h4-5,8-13,16-17,19,26,29-30H,3,6-7,14-15,18H2,1-2H3. The van der Waals surface area contributed by atoms with Crippen LogP contribution in [0.5, 0.6) is 0 Å². The number of amides is 1. The maximum atomic E-state index is 13.6. The number of nitrogens with zero attached hydrogens (tertiary/aromatic N) is 1. The van der Waals surface area contributed by atoms with E-state index in [0.29, 0.717) is 18.0 Å². The first-order chi connectivity index (χ1) is 16.8. The van der Waals surface area contributed by atoms with Crippen molar-refractivity contribution in [2.75, 3.05) is 24.4 Å². The summed E-state index contributed by atoms with van der Waals surface area (Å²) in [6, 6.07) is 17.4. The Balaban J connectivity index is 1.61. The highest BCUT2D eigenvalue weighted by atomic mass is 35.5. The van der Waals surface area contributed by atoms with Gasteiger partial charge in [-0.3, -0.25) is 9.52 Å². The maximum absolute atomic E-state index is 13.6. The predicted octanol–water partition coefficient (Wildman–Crippen LogP) is 5.53. The Kier molecular flexibility index (Phi) is 7.99. The van der Waals surface area contributed by atoms with E-state index in [4.69, 9.17) is 11.6 Å². The summed E-state index contributed by atoms with van der Waals surface area (Å²) in [4.78, 5) is 15.7. The second-order valence-electron chi connectivity index (χ2n) is 9.20. The Bertz CT molecular complexity index is 1310. The molecule has 3 aromatic rings. The van der Waals surface area contributed by atoms with Gasteiger partial charge in [0.05, 0.1) is 15.6 Å². The van der Waals surface area contributed by atoms with Crippen LogP contribution in [0.2, 0.25) is 5.02 Å². The average Bonchev–Trinajstić information content (AvgIpc) is 3.11. The Morgan fingerprint density at radius 3 is 2.69 bits per heavy atom. The molecule has 6 nitrogen and oxygen atoms in total. The molecule has 2 atom stereocenters. The first-order valence-electron chi connectivity index (χ1n) is 12.1.